The SMILES string of the molecule is CC(CC(=O)Nc1cccc(CS(=O)C2CCOCC2)c1)NC(=O)c1ccccc1. The highest BCUT2D eigenvalue weighted by atomic mass is 32.2. The molecule has 2 unspecified atom stereocenters. The number of hydrogen-bond acceptors (Lipinski definition) is 4. The minimum atomic E-state index is -0.953. The van der Waals surface area contributed by atoms with E-state index in [1.165, 1.54) is 0 Å². The molecule has 0 saturated carbocycles. The molecule has 3 rings (SSSR count). The van der Waals surface area contributed by atoms with Crippen LogP contribution in [-0.2, 0) is 26.1 Å². The van der Waals surface area contributed by atoms with Gasteiger partial charge in [-0.25, -0.2) is 0 Å². The Balaban J connectivity index is 1.49. The number of ether oxygens (including phenoxy) is 1. The Kier molecular flexibility index (Phi) is 8.16. The maximum absolute atomic E-state index is 12.6. The van der Waals surface area contributed by atoms with Crippen LogP contribution in [0.3, 0.4) is 0 Å². The first-order chi connectivity index (χ1) is 14.5. The zero-order valence-electron chi connectivity index (χ0n) is 17.1. The molecule has 2 atom stereocenters. The van der Waals surface area contributed by atoms with Gasteiger partial charge in [-0.1, -0.05) is 30.3 Å². The van der Waals surface area contributed by atoms with Gasteiger partial charge in [-0.15, -0.1) is 0 Å². The Morgan fingerprint density at radius 3 is 2.57 bits per heavy atom. The number of hydrogen-bond donors (Lipinski definition) is 2. The number of amides is 2. The summed E-state index contributed by atoms with van der Waals surface area (Å²) in [6.07, 6.45) is 1.82. The van der Waals surface area contributed by atoms with Crippen molar-refractivity contribution in [1.29, 1.82) is 0 Å². The van der Waals surface area contributed by atoms with Gasteiger partial charge in [0.25, 0.3) is 5.91 Å². The van der Waals surface area contributed by atoms with Crippen LogP contribution in [0.2, 0.25) is 0 Å². The van der Waals surface area contributed by atoms with Crippen molar-refractivity contribution in [1.82, 2.24) is 5.32 Å². The van der Waals surface area contributed by atoms with Gasteiger partial charge in [0, 0.05) is 58.7 Å². The molecular formula is C23H28N2O4S. The fourth-order valence-corrected chi connectivity index (χ4v) is 4.86. The summed E-state index contributed by atoms with van der Waals surface area (Å²) in [5.41, 5.74) is 2.17. The highest BCUT2D eigenvalue weighted by molar-refractivity contribution is 7.84. The molecule has 0 bridgehead atoms. The molecule has 0 aliphatic carbocycles. The molecule has 160 valence electrons. The largest absolute Gasteiger partial charge is 0.381 e. The van der Waals surface area contributed by atoms with Crippen molar-refractivity contribution >= 4 is 28.3 Å². The Labute approximate surface area is 179 Å². The van der Waals surface area contributed by atoms with Gasteiger partial charge in [0.05, 0.1) is 0 Å². The number of carbonyl (C=O) groups excluding carboxylic acids is 2. The van der Waals surface area contributed by atoms with Crippen molar-refractivity contribution in [2.75, 3.05) is 18.5 Å². The van der Waals surface area contributed by atoms with Crippen LogP contribution in [-0.4, -0.2) is 40.5 Å². The summed E-state index contributed by atoms with van der Waals surface area (Å²) in [6, 6.07) is 16.1. The third-order valence-electron chi connectivity index (χ3n) is 4.96. The van der Waals surface area contributed by atoms with Crippen molar-refractivity contribution in [3.63, 3.8) is 0 Å². The fourth-order valence-electron chi connectivity index (χ4n) is 3.40. The van der Waals surface area contributed by atoms with Crippen LogP contribution in [0.5, 0.6) is 0 Å². The average molecular weight is 429 g/mol. The third kappa shape index (κ3) is 6.78. The molecule has 2 amide bonds. The van der Waals surface area contributed by atoms with Gasteiger partial charge in [0.2, 0.25) is 5.91 Å². The van der Waals surface area contributed by atoms with Gasteiger partial charge in [-0.05, 0) is 49.6 Å². The predicted octanol–water partition coefficient (Wildman–Crippen LogP) is 3.26. The van der Waals surface area contributed by atoms with Crippen LogP contribution in [0, 0.1) is 0 Å². The molecule has 30 heavy (non-hydrogen) atoms. The smallest absolute Gasteiger partial charge is 0.251 e. The second-order valence-electron chi connectivity index (χ2n) is 7.53. The molecule has 0 radical (unpaired) electrons. The zero-order valence-corrected chi connectivity index (χ0v) is 18.0. The van der Waals surface area contributed by atoms with E-state index in [1.807, 2.05) is 30.3 Å². The first-order valence-electron chi connectivity index (χ1n) is 10.2. The Hall–Kier alpha value is -2.51. The average Bonchev–Trinajstić information content (AvgIpc) is 2.75. The van der Waals surface area contributed by atoms with Gasteiger partial charge in [-0.3, -0.25) is 13.8 Å². The first kappa shape index (κ1) is 22.2. The highest BCUT2D eigenvalue weighted by Crippen LogP contribution is 2.19. The summed E-state index contributed by atoms with van der Waals surface area (Å²) < 4.78 is 17.9. The van der Waals surface area contributed by atoms with Crippen molar-refractivity contribution in [2.45, 2.75) is 43.2 Å². The number of benzene rings is 2. The van der Waals surface area contributed by atoms with E-state index in [2.05, 4.69) is 10.6 Å². The number of anilines is 1. The Morgan fingerprint density at radius 2 is 1.83 bits per heavy atom. The molecule has 7 heteroatoms. The van der Waals surface area contributed by atoms with Crippen molar-refractivity contribution < 1.29 is 18.5 Å². The second-order valence-corrected chi connectivity index (χ2v) is 9.25. The molecule has 1 fully saturated rings. The number of nitrogens with one attached hydrogen (secondary N) is 2. The van der Waals surface area contributed by atoms with Crippen LogP contribution in [0.15, 0.2) is 54.6 Å². The summed E-state index contributed by atoms with van der Waals surface area (Å²) in [5.74, 6) is 0.0878. The maximum atomic E-state index is 12.6. The lowest BCUT2D eigenvalue weighted by atomic mass is 10.1. The predicted molar refractivity (Wildman–Crippen MR) is 119 cm³/mol. The van der Waals surface area contributed by atoms with E-state index in [9.17, 15) is 13.8 Å². The van der Waals surface area contributed by atoms with Gasteiger partial charge < -0.3 is 15.4 Å². The van der Waals surface area contributed by atoms with E-state index in [0.29, 0.717) is 30.2 Å². The van der Waals surface area contributed by atoms with Crippen molar-refractivity contribution in [2.24, 2.45) is 0 Å². The van der Waals surface area contributed by atoms with Crippen LogP contribution < -0.4 is 10.6 Å². The molecule has 2 N–H and O–H groups in total. The molecule has 1 heterocycles. The first-order valence-corrected chi connectivity index (χ1v) is 11.6. The monoisotopic (exact) mass is 428 g/mol. The lowest BCUT2D eigenvalue weighted by Crippen LogP contribution is -2.35. The van der Waals surface area contributed by atoms with E-state index in [4.69, 9.17) is 4.74 Å². The van der Waals surface area contributed by atoms with Crippen LogP contribution in [0.4, 0.5) is 5.69 Å². The lowest BCUT2D eigenvalue weighted by Gasteiger charge is -2.21. The summed E-state index contributed by atoms with van der Waals surface area (Å²) >= 11 is 0. The van der Waals surface area contributed by atoms with Crippen molar-refractivity contribution in [3.8, 4) is 0 Å². The Morgan fingerprint density at radius 1 is 1.10 bits per heavy atom. The quantitative estimate of drug-likeness (QED) is 0.676. The molecule has 6 nitrogen and oxygen atoms in total. The standard InChI is InChI=1S/C23H28N2O4S/c1-17(24-23(27)19-7-3-2-4-8-19)14-22(26)25-20-9-5-6-18(15-20)16-30(28)21-10-12-29-13-11-21/h2-9,15,17,21H,10-14,16H2,1H3,(H,24,27)(H,25,26). The van der Waals surface area contributed by atoms with Gasteiger partial charge in [-0.2, -0.15) is 0 Å². The van der Waals surface area contributed by atoms with Crippen LogP contribution in [0.25, 0.3) is 0 Å². The maximum Gasteiger partial charge on any atom is 0.251 e. The van der Waals surface area contributed by atoms with E-state index in [-0.39, 0.29) is 29.5 Å². The molecule has 0 aromatic heterocycles. The van der Waals surface area contributed by atoms with E-state index >= 15 is 0 Å². The normalized spacial score (nSPS) is 16.4. The number of rotatable bonds is 8. The molecule has 1 saturated heterocycles. The van der Waals surface area contributed by atoms with E-state index < -0.39 is 10.8 Å². The van der Waals surface area contributed by atoms with Gasteiger partial charge >= 0.3 is 0 Å². The van der Waals surface area contributed by atoms with E-state index in [1.54, 1.807) is 31.2 Å². The van der Waals surface area contributed by atoms with Gasteiger partial charge in [0.15, 0.2) is 0 Å². The molecule has 2 aromatic carbocycles. The summed E-state index contributed by atoms with van der Waals surface area (Å²) in [4.78, 5) is 24.6. The van der Waals surface area contributed by atoms with Gasteiger partial charge in [0.1, 0.15) is 0 Å². The lowest BCUT2D eigenvalue weighted by molar-refractivity contribution is -0.116. The minimum absolute atomic E-state index is 0.163. The summed E-state index contributed by atoms with van der Waals surface area (Å²) in [7, 11) is -0.953. The van der Waals surface area contributed by atoms with Crippen molar-refractivity contribution in [3.05, 3.63) is 65.7 Å². The summed E-state index contributed by atoms with van der Waals surface area (Å²) in [5, 5.41) is 5.88. The topological polar surface area (TPSA) is 84.5 Å². The zero-order chi connectivity index (χ0) is 21.3. The Bertz CT molecular complexity index is 882. The molecule has 0 spiro atoms. The molecular weight excluding hydrogens is 400 g/mol. The van der Waals surface area contributed by atoms with E-state index in [0.717, 1.165) is 18.4 Å². The summed E-state index contributed by atoms with van der Waals surface area (Å²) in [6.45, 7) is 3.14. The molecule has 1 aliphatic heterocycles. The molecule has 1 aliphatic rings. The fraction of sp³-hybridized carbons (Fsp3) is 0.391. The minimum Gasteiger partial charge on any atom is -0.381 e. The second kappa shape index (κ2) is 11.0. The molecule has 2 aromatic rings. The third-order valence-corrected chi connectivity index (χ3v) is 6.80. The van der Waals surface area contributed by atoms with Crippen LogP contribution in [0.1, 0.15) is 42.1 Å². The highest BCUT2D eigenvalue weighted by Gasteiger charge is 2.20. The number of carbonyl (C=O) groups is 2. The van der Waals surface area contributed by atoms with Crippen LogP contribution >= 0.6 is 0 Å².